The molecule has 0 bridgehead atoms. The minimum Gasteiger partial charge on any atom is -0.383 e. The fraction of sp³-hybridized carbons (Fsp3) is 0.136. The highest BCUT2D eigenvalue weighted by atomic mass is 32.2. The van der Waals surface area contributed by atoms with Gasteiger partial charge in [-0.2, -0.15) is 10.5 Å². The van der Waals surface area contributed by atoms with Crippen molar-refractivity contribution in [3.8, 4) is 23.3 Å². The third-order valence-electron chi connectivity index (χ3n) is 4.42. The number of hydrogen-bond donors (Lipinski definition) is 1. The molecule has 1 aromatic heterocycles. The molecular formula is C22H16F2N4O2S2. The molecule has 0 atom stereocenters. The van der Waals surface area contributed by atoms with Crippen molar-refractivity contribution < 1.29 is 17.2 Å². The SMILES string of the molecule is CS(=O)(=O)Cc1cccc(CSc2nc(N)c(C#N)c(-c3ccc(F)c(F)c3)c2C#N)c1. The van der Waals surface area contributed by atoms with Crippen molar-refractivity contribution in [3.63, 3.8) is 0 Å². The van der Waals surface area contributed by atoms with Crippen LogP contribution in [0, 0.1) is 34.3 Å². The van der Waals surface area contributed by atoms with Crippen LogP contribution >= 0.6 is 11.8 Å². The van der Waals surface area contributed by atoms with Gasteiger partial charge in [-0.05, 0) is 28.8 Å². The zero-order chi connectivity index (χ0) is 23.5. The summed E-state index contributed by atoms with van der Waals surface area (Å²) in [7, 11) is -3.19. The maximum Gasteiger partial charge on any atom is 0.159 e. The zero-order valence-electron chi connectivity index (χ0n) is 16.8. The van der Waals surface area contributed by atoms with Crippen LogP contribution in [0.1, 0.15) is 22.3 Å². The molecule has 0 aliphatic rings. The van der Waals surface area contributed by atoms with Crippen LogP contribution in [0.4, 0.5) is 14.6 Å². The molecule has 0 aliphatic carbocycles. The number of halogens is 2. The van der Waals surface area contributed by atoms with Crippen LogP contribution in [0.15, 0.2) is 47.5 Å². The quantitative estimate of drug-likeness (QED) is 0.536. The fourth-order valence-electron chi connectivity index (χ4n) is 3.11. The summed E-state index contributed by atoms with van der Waals surface area (Å²) in [6.45, 7) is 0. The van der Waals surface area contributed by atoms with Crippen LogP contribution < -0.4 is 5.73 Å². The van der Waals surface area contributed by atoms with Gasteiger partial charge in [-0.25, -0.2) is 22.2 Å². The summed E-state index contributed by atoms with van der Waals surface area (Å²) in [5.41, 5.74) is 7.46. The Labute approximate surface area is 188 Å². The normalized spacial score (nSPS) is 11.0. The number of hydrogen-bond acceptors (Lipinski definition) is 7. The van der Waals surface area contributed by atoms with Gasteiger partial charge in [-0.3, -0.25) is 0 Å². The van der Waals surface area contributed by atoms with E-state index in [2.05, 4.69) is 4.98 Å². The predicted molar refractivity (Wildman–Crippen MR) is 118 cm³/mol. The molecule has 2 aromatic carbocycles. The first kappa shape index (κ1) is 23.2. The lowest BCUT2D eigenvalue weighted by Crippen LogP contribution is -2.04. The number of benzene rings is 2. The van der Waals surface area contributed by atoms with E-state index in [0.717, 1.165) is 35.7 Å². The number of rotatable bonds is 6. The number of nitriles is 2. The van der Waals surface area contributed by atoms with E-state index in [-0.39, 0.29) is 38.9 Å². The van der Waals surface area contributed by atoms with Crippen LogP contribution in [0.3, 0.4) is 0 Å². The Morgan fingerprint density at radius 3 is 2.34 bits per heavy atom. The van der Waals surface area contributed by atoms with Crippen LogP contribution in [0.25, 0.3) is 11.1 Å². The van der Waals surface area contributed by atoms with E-state index < -0.39 is 21.5 Å². The lowest BCUT2D eigenvalue weighted by Gasteiger charge is -2.13. The molecule has 0 fully saturated rings. The maximum atomic E-state index is 13.8. The Kier molecular flexibility index (Phi) is 6.78. The van der Waals surface area contributed by atoms with Gasteiger partial charge in [0.05, 0.1) is 11.3 Å². The molecule has 0 spiro atoms. The summed E-state index contributed by atoms with van der Waals surface area (Å²) in [6.07, 6.45) is 1.15. The Hall–Kier alpha value is -3.47. The summed E-state index contributed by atoms with van der Waals surface area (Å²) >= 11 is 1.16. The van der Waals surface area contributed by atoms with E-state index in [4.69, 9.17) is 5.73 Å². The van der Waals surface area contributed by atoms with Crippen LogP contribution in [-0.4, -0.2) is 19.7 Å². The Balaban J connectivity index is 2.03. The molecule has 32 heavy (non-hydrogen) atoms. The van der Waals surface area contributed by atoms with Crippen LogP contribution in [0.5, 0.6) is 0 Å². The van der Waals surface area contributed by atoms with Crippen molar-refractivity contribution in [1.82, 2.24) is 4.98 Å². The number of thioether (sulfide) groups is 1. The highest BCUT2D eigenvalue weighted by Gasteiger charge is 2.21. The van der Waals surface area contributed by atoms with Gasteiger partial charge < -0.3 is 5.73 Å². The van der Waals surface area contributed by atoms with Crippen molar-refractivity contribution in [2.45, 2.75) is 16.5 Å². The number of nitrogen functional groups attached to an aromatic ring is 1. The van der Waals surface area contributed by atoms with E-state index >= 15 is 0 Å². The molecule has 6 nitrogen and oxygen atoms in total. The molecule has 3 rings (SSSR count). The molecule has 0 radical (unpaired) electrons. The van der Waals surface area contributed by atoms with E-state index in [9.17, 15) is 27.7 Å². The molecule has 162 valence electrons. The number of nitrogens with zero attached hydrogens (tertiary/aromatic N) is 3. The maximum absolute atomic E-state index is 13.8. The van der Waals surface area contributed by atoms with E-state index in [1.54, 1.807) is 24.3 Å². The van der Waals surface area contributed by atoms with Crippen molar-refractivity contribution in [3.05, 3.63) is 76.4 Å². The zero-order valence-corrected chi connectivity index (χ0v) is 18.4. The van der Waals surface area contributed by atoms with E-state index in [1.807, 2.05) is 12.1 Å². The average Bonchev–Trinajstić information content (AvgIpc) is 2.72. The first-order valence-electron chi connectivity index (χ1n) is 9.10. The van der Waals surface area contributed by atoms with Gasteiger partial charge in [-0.1, -0.05) is 30.3 Å². The van der Waals surface area contributed by atoms with Gasteiger partial charge in [0.15, 0.2) is 21.5 Å². The fourth-order valence-corrected chi connectivity index (χ4v) is 4.83. The van der Waals surface area contributed by atoms with Crippen molar-refractivity contribution in [2.75, 3.05) is 12.0 Å². The van der Waals surface area contributed by atoms with Gasteiger partial charge in [-0.15, -0.1) is 11.8 Å². The van der Waals surface area contributed by atoms with Crippen LogP contribution in [-0.2, 0) is 21.3 Å². The first-order chi connectivity index (χ1) is 15.1. The standard InChI is InChI=1S/C22H16F2N4O2S2/c1-32(29,30)12-14-4-2-3-13(7-14)11-31-22-17(10-26)20(16(9-25)21(27)28-22)15-5-6-18(23)19(24)8-15/h2-8H,11-12H2,1H3,(H2,27,28). The summed E-state index contributed by atoms with van der Waals surface area (Å²) in [4.78, 5) is 4.17. The lowest BCUT2D eigenvalue weighted by atomic mass is 9.97. The third kappa shape index (κ3) is 5.22. The molecule has 2 N–H and O–H groups in total. The highest BCUT2D eigenvalue weighted by molar-refractivity contribution is 7.98. The Morgan fingerprint density at radius 1 is 1.03 bits per heavy atom. The first-order valence-corrected chi connectivity index (χ1v) is 12.1. The molecule has 0 amide bonds. The molecule has 0 saturated heterocycles. The van der Waals surface area contributed by atoms with Gasteiger partial charge in [0.2, 0.25) is 0 Å². The summed E-state index contributed by atoms with van der Waals surface area (Å²) in [5.74, 6) is -2.09. The molecular weight excluding hydrogens is 454 g/mol. The third-order valence-corrected chi connectivity index (χ3v) is 6.32. The second-order valence-corrected chi connectivity index (χ2v) is 10.1. The van der Waals surface area contributed by atoms with Crippen molar-refractivity contribution in [1.29, 1.82) is 10.5 Å². The van der Waals surface area contributed by atoms with Gasteiger partial charge in [0.1, 0.15) is 28.5 Å². The largest absolute Gasteiger partial charge is 0.383 e. The second-order valence-electron chi connectivity index (χ2n) is 6.96. The van der Waals surface area contributed by atoms with Crippen molar-refractivity contribution in [2.24, 2.45) is 0 Å². The Bertz CT molecular complexity index is 1390. The van der Waals surface area contributed by atoms with Crippen molar-refractivity contribution >= 4 is 27.4 Å². The monoisotopic (exact) mass is 470 g/mol. The number of anilines is 1. The van der Waals surface area contributed by atoms with Gasteiger partial charge in [0.25, 0.3) is 0 Å². The summed E-state index contributed by atoms with van der Waals surface area (Å²) < 4.78 is 50.3. The summed E-state index contributed by atoms with van der Waals surface area (Å²) in [6, 6.07) is 13.9. The molecule has 0 aliphatic heterocycles. The lowest BCUT2D eigenvalue weighted by molar-refractivity contribution is 0.509. The van der Waals surface area contributed by atoms with Gasteiger partial charge in [0, 0.05) is 17.6 Å². The highest BCUT2D eigenvalue weighted by Crippen LogP contribution is 2.37. The minimum atomic E-state index is -3.19. The smallest absolute Gasteiger partial charge is 0.159 e. The molecule has 3 aromatic rings. The number of sulfone groups is 1. The van der Waals surface area contributed by atoms with Gasteiger partial charge >= 0.3 is 0 Å². The molecule has 0 unspecified atom stereocenters. The molecule has 10 heteroatoms. The van der Waals surface area contributed by atoms with E-state index in [1.165, 1.54) is 6.07 Å². The number of pyridine rings is 1. The predicted octanol–water partition coefficient (Wildman–Crippen LogP) is 4.19. The number of nitrogens with two attached hydrogens (primary N) is 1. The molecule has 1 heterocycles. The molecule has 0 saturated carbocycles. The topological polar surface area (TPSA) is 121 Å². The Morgan fingerprint density at radius 2 is 1.72 bits per heavy atom. The minimum absolute atomic E-state index is 0.0130. The summed E-state index contributed by atoms with van der Waals surface area (Å²) in [5, 5.41) is 19.5. The average molecular weight is 471 g/mol. The van der Waals surface area contributed by atoms with E-state index in [0.29, 0.717) is 11.3 Å². The number of aromatic nitrogens is 1. The second kappa shape index (κ2) is 9.35. The van der Waals surface area contributed by atoms with Crippen LogP contribution in [0.2, 0.25) is 0 Å².